The standard InChI is InChI=1S/C19H31N/c1-15-11-16(2)18(17(3)12-15)13-19(14-20)9-7-5-4-6-8-10-19/h11-12H,4-10,13-14,20H2,1-3H3. The van der Waals surface area contributed by atoms with Crippen molar-refractivity contribution in [2.24, 2.45) is 11.1 Å². The van der Waals surface area contributed by atoms with Gasteiger partial charge < -0.3 is 5.73 Å². The molecule has 0 saturated heterocycles. The van der Waals surface area contributed by atoms with Gasteiger partial charge in [-0.1, -0.05) is 49.8 Å². The van der Waals surface area contributed by atoms with Gasteiger partial charge in [0.2, 0.25) is 0 Å². The van der Waals surface area contributed by atoms with Crippen molar-refractivity contribution in [3.63, 3.8) is 0 Å². The van der Waals surface area contributed by atoms with Gasteiger partial charge in [-0.05, 0) is 68.7 Å². The molecule has 1 nitrogen and oxygen atoms in total. The van der Waals surface area contributed by atoms with E-state index in [-0.39, 0.29) is 0 Å². The monoisotopic (exact) mass is 273 g/mol. The summed E-state index contributed by atoms with van der Waals surface area (Å²) in [6, 6.07) is 4.66. The molecule has 1 fully saturated rings. The molecule has 1 heteroatoms. The molecule has 0 radical (unpaired) electrons. The second-order valence-corrected chi connectivity index (χ2v) is 7.03. The minimum atomic E-state index is 0.352. The summed E-state index contributed by atoms with van der Waals surface area (Å²) in [5.41, 5.74) is 12.4. The predicted molar refractivity (Wildman–Crippen MR) is 88.2 cm³/mol. The molecule has 1 aromatic carbocycles. The fourth-order valence-electron chi connectivity index (χ4n) is 3.97. The molecule has 1 aliphatic rings. The summed E-state index contributed by atoms with van der Waals surface area (Å²) in [5, 5.41) is 0. The van der Waals surface area contributed by atoms with Crippen molar-refractivity contribution in [1.82, 2.24) is 0 Å². The molecule has 0 aromatic heterocycles. The summed E-state index contributed by atoms with van der Waals surface area (Å²) in [6.45, 7) is 7.57. The summed E-state index contributed by atoms with van der Waals surface area (Å²) < 4.78 is 0. The molecule has 0 spiro atoms. The summed E-state index contributed by atoms with van der Waals surface area (Å²) >= 11 is 0. The molecule has 2 rings (SSSR count). The number of aryl methyl sites for hydroxylation is 3. The molecule has 0 bridgehead atoms. The van der Waals surface area contributed by atoms with Crippen LogP contribution in [0.25, 0.3) is 0 Å². The highest BCUT2D eigenvalue weighted by Gasteiger charge is 2.30. The Balaban J connectivity index is 2.24. The van der Waals surface area contributed by atoms with Crippen molar-refractivity contribution in [2.45, 2.75) is 72.1 Å². The molecule has 0 heterocycles. The molecule has 20 heavy (non-hydrogen) atoms. The largest absolute Gasteiger partial charge is 0.330 e. The Bertz CT molecular complexity index is 416. The molecule has 0 atom stereocenters. The molecule has 1 saturated carbocycles. The van der Waals surface area contributed by atoms with Crippen LogP contribution in [0.2, 0.25) is 0 Å². The average molecular weight is 273 g/mol. The summed E-state index contributed by atoms with van der Waals surface area (Å²) in [5.74, 6) is 0. The first-order valence-corrected chi connectivity index (χ1v) is 8.33. The fraction of sp³-hybridized carbons (Fsp3) is 0.684. The normalized spacial score (nSPS) is 19.4. The zero-order valence-electron chi connectivity index (χ0n) is 13.6. The minimum Gasteiger partial charge on any atom is -0.330 e. The van der Waals surface area contributed by atoms with Gasteiger partial charge in [0.1, 0.15) is 0 Å². The van der Waals surface area contributed by atoms with E-state index in [0.717, 1.165) is 6.54 Å². The van der Waals surface area contributed by atoms with Crippen molar-refractivity contribution in [3.05, 3.63) is 34.4 Å². The Hall–Kier alpha value is -0.820. The van der Waals surface area contributed by atoms with Crippen LogP contribution in [0.3, 0.4) is 0 Å². The number of rotatable bonds is 3. The molecular formula is C19H31N. The van der Waals surface area contributed by atoms with Crippen LogP contribution in [-0.2, 0) is 6.42 Å². The predicted octanol–water partition coefficient (Wildman–Crippen LogP) is 4.84. The van der Waals surface area contributed by atoms with Gasteiger partial charge >= 0.3 is 0 Å². The van der Waals surface area contributed by atoms with E-state index >= 15 is 0 Å². The van der Waals surface area contributed by atoms with Gasteiger partial charge in [-0.3, -0.25) is 0 Å². The van der Waals surface area contributed by atoms with Crippen molar-refractivity contribution in [2.75, 3.05) is 6.54 Å². The van der Waals surface area contributed by atoms with E-state index < -0.39 is 0 Å². The second kappa shape index (κ2) is 6.76. The van der Waals surface area contributed by atoms with E-state index in [1.165, 1.54) is 68.1 Å². The van der Waals surface area contributed by atoms with Gasteiger partial charge in [-0.25, -0.2) is 0 Å². The molecule has 112 valence electrons. The Morgan fingerprint density at radius 2 is 1.40 bits per heavy atom. The lowest BCUT2D eigenvalue weighted by molar-refractivity contribution is 0.216. The highest BCUT2D eigenvalue weighted by Crippen LogP contribution is 2.38. The molecule has 2 N–H and O–H groups in total. The van der Waals surface area contributed by atoms with E-state index in [1.807, 2.05) is 0 Å². The molecule has 1 aromatic rings. The highest BCUT2D eigenvalue weighted by atomic mass is 14.6. The maximum atomic E-state index is 6.24. The minimum absolute atomic E-state index is 0.352. The third kappa shape index (κ3) is 3.63. The Kier molecular flexibility index (Phi) is 5.26. The summed E-state index contributed by atoms with van der Waals surface area (Å²) in [4.78, 5) is 0. The Morgan fingerprint density at radius 3 is 1.90 bits per heavy atom. The van der Waals surface area contributed by atoms with E-state index in [9.17, 15) is 0 Å². The van der Waals surface area contributed by atoms with Crippen molar-refractivity contribution in [1.29, 1.82) is 0 Å². The van der Waals surface area contributed by atoms with Crippen LogP contribution in [0.1, 0.15) is 67.2 Å². The highest BCUT2D eigenvalue weighted by molar-refractivity contribution is 5.38. The van der Waals surface area contributed by atoms with Crippen molar-refractivity contribution < 1.29 is 0 Å². The van der Waals surface area contributed by atoms with Gasteiger partial charge in [-0.2, -0.15) is 0 Å². The first kappa shape index (κ1) is 15.6. The van der Waals surface area contributed by atoms with Crippen molar-refractivity contribution >= 4 is 0 Å². The average Bonchev–Trinajstić information content (AvgIpc) is 2.36. The summed E-state index contributed by atoms with van der Waals surface area (Å²) in [7, 11) is 0. The van der Waals surface area contributed by atoms with Crippen molar-refractivity contribution in [3.8, 4) is 0 Å². The molecule has 0 amide bonds. The van der Waals surface area contributed by atoms with E-state index in [0.29, 0.717) is 5.41 Å². The third-order valence-electron chi connectivity index (χ3n) is 5.24. The smallest absolute Gasteiger partial charge is 0.00173 e. The first-order chi connectivity index (χ1) is 9.56. The van der Waals surface area contributed by atoms with E-state index in [4.69, 9.17) is 5.73 Å². The fourth-order valence-corrected chi connectivity index (χ4v) is 3.97. The molecular weight excluding hydrogens is 242 g/mol. The van der Waals surface area contributed by atoms with E-state index in [1.54, 1.807) is 5.56 Å². The SMILES string of the molecule is Cc1cc(C)c(CC2(CN)CCCCCCC2)c(C)c1. The van der Waals surface area contributed by atoms with Crippen LogP contribution >= 0.6 is 0 Å². The number of hydrogen-bond acceptors (Lipinski definition) is 1. The number of hydrogen-bond donors (Lipinski definition) is 1. The van der Waals surface area contributed by atoms with Crippen LogP contribution < -0.4 is 5.73 Å². The lowest BCUT2D eigenvalue weighted by atomic mass is 9.71. The quantitative estimate of drug-likeness (QED) is 0.837. The van der Waals surface area contributed by atoms with Gasteiger partial charge in [0.15, 0.2) is 0 Å². The lowest BCUT2D eigenvalue weighted by Gasteiger charge is -2.35. The first-order valence-electron chi connectivity index (χ1n) is 8.33. The number of nitrogens with two attached hydrogens (primary N) is 1. The van der Waals surface area contributed by atoms with Gasteiger partial charge in [0.05, 0.1) is 0 Å². The van der Waals surface area contributed by atoms with Gasteiger partial charge in [-0.15, -0.1) is 0 Å². The van der Waals surface area contributed by atoms with Crippen LogP contribution in [0.15, 0.2) is 12.1 Å². The molecule has 0 aliphatic heterocycles. The Morgan fingerprint density at radius 1 is 0.900 bits per heavy atom. The van der Waals surface area contributed by atoms with Crippen LogP contribution in [0, 0.1) is 26.2 Å². The summed E-state index contributed by atoms with van der Waals surface area (Å²) in [6.07, 6.45) is 10.8. The van der Waals surface area contributed by atoms with Crippen LogP contribution in [0.4, 0.5) is 0 Å². The number of benzene rings is 1. The van der Waals surface area contributed by atoms with Crippen LogP contribution in [0.5, 0.6) is 0 Å². The zero-order chi connectivity index (χ0) is 14.6. The van der Waals surface area contributed by atoms with Gasteiger partial charge in [0.25, 0.3) is 0 Å². The third-order valence-corrected chi connectivity index (χ3v) is 5.24. The maximum absolute atomic E-state index is 6.24. The maximum Gasteiger partial charge on any atom is -0.00173 e. The second-order valence-electron chi connectivity index (χ2n) is 7.03. The lowest BCUT2D eigenvalue weighted by Crippen LogP contribution is -2.34. The van der Waals surface area contributed by atoms with Gasteiger partial charge in [0, 0.05) is 0 Å². The van der Waals surface area contributed by atoms with Crippen LogP contribution in [-0.4, -0.2) is 6.54 Å². The zero-order valence-corrected chi connectivity index (χ0v) is 13.6. The Labute approximate surface area is 125 Å². The molecule has 0 unspecified atom stereocenters. The molecule has 1 aliphatic carbocycles. The topological polar surface area (TPSA) is 26.0 Å². The van der Waals surface area contributed by atoms with E-state index in [2.05, 4.69) is 32.9 Å².